The first-order valence-electron chi connectivity index (χ1n) is 7.70. The van der Waals surface area contributed by atoms with Gasteiger partial charge < -0.3 is 19.1 Å². The molecule has 1 atom stereocenters. The molecular formula is C18H15F2NO5. The molecular weight excluding hydrogens is 348 g/mol. The summed E-state index contributed by atoms with van der Waals surface area (Å²) in [5, 5.41) is 0. The topological polar surface area (TPSA) is 65.1 Å². The lowest BCUT2D eigenvalue weighted by Crippen LogP contribution is -2.47. The number of anilines is 1. The van der Waals surface area contributed by atoms with E-state index in [1.807, 2.05) is 0 Å². The first kappa shape index (κ1) is 17.7. The molecule has 0 fully saturated rings. The van der Waals surface area contributed by atoms with Gasteiger partial charge in [0.15, 0.2) is 0 Å². The SMILES string of the molecule is COC(=O)C1CN(C(=O)c2ccc(OC(F)F)cc2)c2ccccc2O1. The Bertz CT molecular complexity index is 809. The van der Waals surface area contributed by atoms with Gasteiger partial charge in [-0.1, -0.05) is 12.1 Å². The highest BCUT2D eigenvalue weighted by molar-refractivity contribution is 6.07. The number of para-hydroxylation sites is 2. The summed E-state index contributed by atoms with van der Waals surface area (Å²) in [7, 11) is 1.24. The summed E-state index contributed by atoms with van der Waals surface area (Å²) in [6.45, 7) is -2.97. The highest BCUT2D eigenvalue weighted by Crippen LogP contribution is 2.34. The third-order valence-electron chi connectivity index (χ3n) is 3.81. The van der Waals surface area contributed by atoms with Crippen LogP contribution in [-0.4, -0.2) is 38.2 Å². The maximum Gasteiger partial charge on any atom is 0.387 e. The van der Waals surface area contributed by atoms with Gasteiger partial charge in [0.25, 0.3) is 5.91 Å². The molecule has 0 bridgehead atoms. The molecule has 0 aromatic heterocycles. The van der Waals surface area contributed by atoms with Crippen LogP contribution in [0.4, 0.5) is 14.5 Å². The molecule has 1 heterocycles. The quantitative estimate of drug-likeness (QED) is 0.782. The molecule has 0 spiro atoms. The second-order valence-electron chi connectivity index (χ2n) is 5.42. The number of nitrogens with zero attached hydrogens (tertiary/aromatic N) is 1. The van der Waals surface area contributed by atoms with Crippen molar-refractivity contribution >= 4 is 17.6 Å². The van der Waals surface area contributed by atoms with Crippen LogP contribution in [0, 0.1) is 0 Å². The fraction of sp³-hybridized carbons (Fsp3) is 0.222. The van der Waals surface area contributed by atoms with Crippen molar-refractivity contribution in [1.82, 2.24) is 0 Å². The Kier molecular flexibility index (Phi) is 5.01. The molecule has 2 aromatic carbocycles. The fourth-order valence-corrected chi connectivity index (χ4v) is 2.62. The largest absolute Gasteiger partial charge is 0.475 e. The molecule has 1 amide bonds. The Balaban J connectivity index is 1.88. The lowest BCUT2D eigenvalue weighted by atomic mass is 10.1. The van der Waals surface area contributed by atoms with Gasteiger partial charge in [0.2, 0.25) is 6.10 Å². The van der Waals surface area contributed by atoms with E-state index < -0.39 is 24.6 Å². The van der Waals surface area contributed by atoms with Crippen molar-refractivity contribution in [2.45, 2.75) is 12.7 Å². The smallest absolute Gasteiger partial charge is 0.387 e. The molecule has 8 heteroatoms. The number of methoxy groups -OCH3 is 1. The molecule has 0 saturated carbocycles. The predicted molar refractivity (Wildman–Crippen MR) is 87.6 cm³/mol. The molecule has 1 aliphatic heterocycles. The molecule has 26 heavy (non-hydrogen) atoms. The Hall–Kier alpha value is -3.16. The summed E-state index contributed by atoms with van der Waals surface area (Å²) < 4.78 is 39.0. The molecule has 136 valence electrons. The zero-order valence-corrected chi connectivity index (χ0v) is 13.7. The number of benzene rings is 2. The van der Waals surface area contributed by atoms with Crippen LogP contribution in [0.3, 0.4) is 0 Å². The van der Waals surface area contributed by atoms with E-state index in [-0.39, 0.29) is 17.9 Å². The number of carbonyl (C=O) groups excluding carboxylic acids is 2. The molecule has 6 nitrogen and oxygen atoms in total. The molecule has 1 unspecified atom stereocenters. The van der Waals surface area contributed by atoms with Crippen LogP contribution < -0.4 is 14.4 Å². The Morgan fingerprint density at radius 3 is 2.50 bits per heavy atom. The first-order chi connectivity index (χ1) is 12.5. The minimum atomic E-state index is -2.94. The lowest BCUT2D eigenvalue weighted by Gasteiger charge is -2.33. The fourth-order valence-electron chi connectivity index (χ4n) is 2.62. The maximum atomic E-state index is 12.9. The number of amides is 1. The van der Waals surface area contributed by atoms with E-state index >= 15 is 0 Å². The summed E-state index contributed by atoms with van der Waals surface area (Å²) in [6.07, 6.45) is -0.958. The van der Waals surface area contributed by atoms with Gasteiger partial charge in [0.1, 0.15) is 11.5 Å². The Morgan fingerprint density at radius 1 is 1.15 bits per heavy atom. The summed E-state index contributed by atoms with van der Waals surface area (Å²) in [5.41, 5.74) is 0.762. The van der Waals surface area contributed by atoms with Gasteiger partial charge in [0, 0.05) is 5.56 Å². The summed E-state index contributed by atoms with van der Waals surface area (Å²) in [5.74, 6) is -0.678. The average molecular weight is 363 g/mol. The van der Waals surface area contributed by atoms with Gasteiger partial charge in [-0.15, -0.1) is 0 Å². The molecule has 0 aliphatic carbocycles. The van der Waals surface area contributed by atoms with Gasteiger partial charge in [-0.05, 0) is 36.4 Å². The first-order valence-corrected chi connectivity index (χ1v) is 7.70. The summed E-state index contributed by atoms with van der Waals surface area (Å²) >= 11 is 0. The van der Waals surface area contributed by atoms with Crippen LogP contribution in [0.2, 0.25) is 0 Å². The highest BCUT2D eigenvalue weighted by atomic mass is 19.3. The van der Waals surface area contributed by atoms with E-state index in [0.29, 0.717) is 11.4 Å². The van der Waals surface area contributed by atoms with E-state index in [0.717, 1.165) is 0 Å². The number of alkyl halides is 2. The van der Waals surface area contributed by atoms with Crippen LogP contribution in [0.15, 0.2) is 48.5 Å². The third kappa shape index (κ3) is 3.58. The molecule has 0 radical (unpaired) electrons. The third-order valence-corrected chi connectivity index (χ3v) is 3.81. The van der Waals surface area contributed by atoms with Crippen LogP contribution in [-0.2, 0) is 9.53 Å². The zero-order valence-electron chi connectivity index (χ0n) is 13.7. The molecule has 2 aromatic rings. The molecule has 0 N–H and O–H groups in total. The number of fused-ring (bicyclic) bond motifs is 1. The van der Waals surface area contributed by atoms with Crippen molar-refractivity contribution in [3.63, 3.8) is 0 Å². The number of hydrogen-bond donors (Lipinski definition) is 0. The summed E-state index contributed by atoms with van der Waals surface area (Å²) in [6, 6.07) is 12.1. The van der Waals surface area contributed by atoms with Gasteiger partial charge in [-0.2, -0.15) is 8.78 Å². The van der Waals surface area contributed by atoms with Crippen LogP contribution in [0.25, 0.3) is 0 Å². The normalized spacial score (nSPS) is 15.8. The maximum absolute atomic E-state index is 12.9. The number of ether oxygens (including phenoxy) is 3. The molecule has 3 rings (SSSR count). The number of esters is 1. The second kappa shape index (κ2) is 7.38. The van der Waals surface area contributed by atoms with E-state index in [1.54, 1.807) is 24.3 Å². The highest BCUT2D eigenvalue weighted by Gasteiger charge is 2.34. The van der Waals surface area contributed by atoms with Crippen molar-refractivity contribution in [2.75, 3.05) is 18.6 Å². The van der Waals surface area contributed by atoms with Crippen molar-refractivity contribution in [3.05, 3.63) is 54.1 Å². The standard InChI is InChI=1S/C18H15F2NO5/c1-24-17(23)15-10-21(13-4-2-3-5-14(13)26-15)16(22)11-6-8-12(9-7-11)25-18(19)20/h2-9,15,18H,10H2,1H3. The van der Waals surface area contributed by atoms with E-state index in [9.17, 15) is 18.4 Å². The number of halogens is 2. The number of rotatable bonds is 4. The van der Waals surface area contributed by atoms with Crippen molar-refractivity contribution in [3.8, 4) is 11.5 Å². The lowest BCUT2D eigenvalue weighted by molar-refractivity contribution is -0.148. The Morgan fingerprint density at radius 2 is 1.85 bits per heavy atom. The second-order valence-corrected chi connectivity index (χ2v) is 5.42. The van der Waals surface area contributed by atoms with Crippen LogP contribution in [0.5, 0.6) is 11.5 Å². The molecule has 1 aliphatic rings. The zero-order chi connectivity index (χ0) is 18.7. The van der Waals surface area contributed by atoms with Gasteiger partial charge in [0.05, 0.1) is 19.3 Å². The minimum absolute atomic E-state index is 0.0300. The van der Waals surface area contributed by atoms with Crippen molar-refractivity contribution in [2.24, 2.45) is 0 Å². The molecule has 0 saturated heterocycles. The van der Waals surface area contributed by atoms with Crippen LogP contribution >= 0.6 is 0 Å². The summed E-state index contributed by atoms with van der Waals surface area (Å²) in [4.78, 5) is 26.1. The van der Waals surface area contributed by atoms with Crippen molar-refractivity contribution in [1.29, 1.82) is 0 Å². The van der Waals surface area contributed by atoms with Gasteiger partial charge in [-0.3, -0.25) is 4.79 Å². The number of carbonyl (C=O) groups is 2. The average Bonchev–Trinajstić information content (AvgIpc) is 2.66. The van der Waals surface area contributed by atoms with Gasteiger partial charge in [-0.25, -0.2) is 4.79 Å². The van der Waals surface area contributed by atoms with Crippen molar-refractivity contribution < 1.29 is 32.6 Å². The van der Waals surface area contributed by atoms with E-state index in [1.165, 1.54) is 36.3 Å². The predicted octanol–water partition coefficient (Wildman–Crippen LogP) is 2.87. The van der Waals surface area contributed by atoms with E-state index in [2.05, 4.69) is 4.74 Å². The Labute approximate surface area is 147 Å². The number of hydrogen-bond acceptors (Lipinski definition) is 5. The van der Waals surface area contributed by atoms with Gasteiger partial charge >= 0.3 is 12.6 Å². The van der Waals surface area contributed by atoms with E-state index in [4.69, 9.17) is 9.47 Å². The minimum Gasteiger partial charge on any atom is -0.475 e. The van der Waals surface area contributed by atoms with Crippen LogP contribution in [0.1, 0.15) is 10.4 Å². The monoisotopic (exact) mass is 363 g/mol.